The third kappa shape index (κ3) is 4.62. The Hall–Kier alpha value is -0.610. The summed E-state index contributed by atoms with van der Waals surface area (Å²) in [5.41, 5.74) is 0. The molecule has 0 aromatic rings. The van der Waals surface area contributed by atoms with E-state index in [4.69, 9.17) is 5.11 Å². The molecule has 0 aliphatic carbocycles. The smallest absolute Gasteiger partial charge is 0.220 e. The average Bonchev–Trinajstić information content (AvgIpc) is 2.09. The number of rotatable bonds is 6. The van der Waals surface area contributed by atoms with Crippen LogP contribution in [0.1, 0.15) is 26.7 Å². The number of hydrogen-bond acceptors (Lipinski definition) is 3. The fourth-order valence-electron chi connectivity index (χ4n) is 1.79. The molecule has 1 atom stereocenters. The lowest BCUT2D eigenvalue weighted by atomic mass is 9.98. The third-order valence-electron chi connectivity index (χ3n) is 2.68. The van der Waals surface area contributed by atoms with E-state index >= 15 is 0 Å². The standard InChI is InChI=1S/C11H22N2O2/c1-8(2)3-10(7-14)13-11(15)4-9-5-12-6-9/h8-10,12,14H,3-7H2,1-2H3,(H,13,15). The Kier molecular flexibility index (Phi) is 5.05. The predicted octanol–water partition coefficient (Wildman–Crippen LogP) is 0.119. The summed E-state index contributed by atoms with van der Waals surface area (Å²) in [5.74, 6) is 1.05. The van der Waals surface area contributed by atoms with Crippen molar-refractivity contribution in [3.8, 4) is 0 Å². The summed E-state index contributed by atoms with van der Waals surface area (Å²) in [5, 5.41) is 15.1. The van der Waals surface area contributed by atoms with Gasteiger partial charge in [0.1, 0.15) is 0 Å². The zero-order chi connectivity index (χ0) is 11.3. The van der Waals surface area contributed by atoms with E-state index in [0.717, 1.165) is 19.5 Å². The van der Waals surface area contributed by atoms with Gasteiger partial charge in [-0.1, -0.05) is 13.8 Å². The van der Waals surface area contributed by atoms with Gasteiger partial charge >= 0.3 is 0 Å². The lowest BCUT2D eigenvalue weighted by Crippen LogP contribution is -2.46. The van der Waals surface area contributed by atoms with Crippen LogP contribution in [0.25, 0.3) is 0 Å². The van der Waals surface area contributed by atoms with Crippen LogP contribution in [-0.4, -0.2) is 36.8 Å². The minimum Gasteiger partial charge on any atom is -0.394 e. The molecule has 88 valence electrons. The number of hydrogen-bond donors (Lipinski definition) is 3. The first-order chi connectivity index (χ1) is 7.11. The van der Waals surface area contributed by atoms with Gasteiger partial charge in [0.2, 0.25) is 5.91 Å². The van der Waals surface area contributed by atoms with Gasteiger partial charge in [-0.3, -0.25) is 4.79 Å². The van der Waals surface area contributed by atoms with Crippen molar-refractivity contribution in [2.24, 2.45) is 11.8 Å². The molecule has 1 rings (SSSR count). The molecule has 1 unspecified atom stereocenters. The molecule has 0 aromatic carbocycles. The SMILES string of the molecule is CC(C)CC(CO)NC(=O)CC1CNC1. The normalized spacial score (nSPS) is 18.7. The van der Waals surface area contributed by atoms with Gasteiger partial charge in [-0.15, -0.1) is 0 Å². The van der Waals surface area contributed by atoms with E-state index in [1.165, 1.54) is 0 Å². The fraction of sp³-hybridized carbons (Fsp3) is 0.909. The van der Waals surface area contributed by atoms with Crippen LogP contribution in [0, 0.1) is 11.8 Å². The van der Waals surface area contributed by atoms with Gasteiger partial charge < -0.3 is 15.7 Å². The van der Waals surface area contributed by atoms with Crippen molar-refractivity contribution >= 4 is 5.91 Å². The van der Waals surface area contributed by atoms with Crippen molar-refractivity contribution in [2.75, 3.05) is 19.7 Å². The number of amides is 1. The first-order valence-corrected chi connectivity index (χ1v) is 5.72. The lowest BCUT2D eigenvalue weighted by Gasteiger charge is -2.27. The molecule has 15 heavy (non-hydrogen) atoms. The highest BCUT2D eigenvalue weighted by atomic mass is 16.3. The molecule has 1 saturated heterocycles. The van der Waals surface area contributed by atoms with Gasteiger partial charge in [0.25, 0.3) is 0 Å². The highest BCUT2D eigenvalue weighted by Crippen LogP contribution is 2.09. The number of nitrogens with one attached hydrogen (secondary N) is 2. The molecule has 1 heterocycles. The summed E-state index contributed by atoms with van der Waals surface area (Å²) >= 11 is 0. The van der Waals surface area contributed by atoms with Crippen LogP contribution in [-0.2, 0) is 4.79 Å². The van der Waals surface area contributed by atoms with E-state index in [-0.39, 0.29) is 18.6 Å². The van der Waals surface area contributed by atoms with Crippen LogP contribution < -0.4 is 10.6 Å². The Labute approximate surface area is 91.4 Å². The van der Waals surface area contributed by atoms with E-state index in [1.807, 2.05) is 0 Å². The Morgan fingerprint density at radius 3 is 2.60 bits per heavy atom. The topological polar surface area (TPSA) is 61.4 Å². The Balaban J connectivity index is 2.20. The molecule has 4 nitrogen and oxygen atoms in total. The van der Waals surface area contributed by atoms with Crippen molar-refractivity contribution in [2.45, 2.75) is 32.7 Å². The van der Waals surface area contributed by atoms with E-state index in [2.05, 4.69) is 24.5 Å². The minimum atomic E-state index is -0.0782. The Morgan fingerprint density at radius 1 is 1.53 bits per heavy atom. The van der Waals surface area contributed by atoms with Crippen LogP contribution >= 0.6 is 0 Å². The molecule has 0 bridgehead atoms. The quantitative estimate of drug-likeness (QED) is 0.588. The number of aliphatic hydroxyl groups is 1. The second-order valence-corrected chi connectivity index (χ2v) is 4.80. The highest BCUT2D eigenvalue weighted by molar-refractivity contribution is 5.76. The van der Waals surface area contributed by atoms with Crippen molar-refractivity contribution < 1.29 is 9.90 Å². The molecule has 0 radical (unpaired) electrons. The Morgan fingerprint density at radius 2 is 2.20 bits per heavy atom. The van der Waals surface area contributed by atoms with E-state index in [9.17, 15) is 4.79 Å². The monoisotopic (exact) mass is 214 g/mol. The summed E-state index contributed by atoms with van der Waals surface area (Å²) in [6, 6.07) is -0.0782. The molecule has 1 fully saturated rings. The number of carbonyl (C=O) groups excluding carboxylic acids is 1. The molecule has 1 amide bonds. The highest BCUT2D eigenvalue weighted by Gasteiger charge is 2.21. The van der Waals surface area contributed by atoms with E-state index < -0.39 is 0 Å². The van der Waals surface area contributed by atoms with Gasteiger partial charge in [-0.05, 0) is 31.3 Å². The van der Waals surface area contributed by atoms with Crippen LogP contribution in [0.3, 0.4) is 0 Å². The zero-order valence-corrected chi connectivity index (χ0v) is 9.62. The van der Waals surface area contributed by atoms with Crippen molar-refractivity contribution in [3.63, 3.8) is 0 Å². The summed E-state index contributed by atoms with van der Waals surface area (Å²) in [4.78, 5) is 11.5. The maximum Gasteiger partial charge on any atom is 0.220 e. The fourth-order valence-corrected chi connectivity index (χ4v) is 1.79. The molecular weight excluding hydrogens is 192 g/mol. The van der Waals surface area contributed by atoms with Crippen molar-refractivity contribution in [3.05, 3.63) is 0 Å². The predicted molar refractivity (Wildman–Crippen MR) is 59.4 cm³/mol. The second-order valence-electron chi connectivity index (χ2n) is 4.80. The minimum absolute atomic E-state index is 0.0346. The van der Waals surface area contributed by atoms with Crippen LogP contribution in [0.5, 0.6) is 0 Å². The van der Waals surface area contributed by atoms with Gasteiger partial charge in [0.15, 0.2) is 0 Å². The molecule has 0 aromatic heterocycles. The van der Waals surface area contributed by atoms with Gasteiger partial charge in [0.05, 0.1) is 12.6 Å². The molecule has 0 spiro atoms. The van der Waals surface area contributed by atoms with Crippen molar-refractivity contribution in [1.82, 2.24) is 10.6 Å². The molecule has 1 aliphatic rings. The van der Waals surface area contributed by atoms with E-state index in [1.54, 1.807) is 0 Å². The number of carbonyl (C=O) groups is 1. The first kappa shape index (κ1) is 12.5. The number of aliphatic hydroxyl groups excluding tert-OH is 1. The summed E-state index contributed by atoms with van der Waals surface area (Å²) in [6.07, 6.45) is 1.42. The van der Waals surface area contributed by atoms with Crippen LogP contribution in [0.2, 0.25) is 0 Å². The largest absolute Gasteiger partial charge is 0.394 e. The third-order valence-corrected chi connectivity index (χ3v) is 2.68. The molecule has 1 aliphatic heterocycles. The Bertz CT molecular complexity index is 203. The van der Waals surface area contributed by atoms with Gasteiger partial charge in [-0.2, -0.15) is 0 Å². The first-order valence-electron chi connectivity index (χ1n) is 5.72. The summed E-state index contributed by atoms with van der Waals surface area (Å²) in [7, 11) is 0. The van der Waals surface area contributed by atoms with Crippen LogP contribution in [0.4, 0.5) is 0 Å². The summed E-state index contributed by atoms with van der Waals surface area (Å²) in [6.45, 7) is 6.10. The van der Waals surface area contributed by atoms with Gasteiger partial charge in [-0.25, -0.2) is 0 Å². The summed E-state index contributed by atoms with van der Waals surface area (Å²) < 4.78 is 0. The molecule has 4 heteroatoms. The molecule has 3 N–H and O–H groups in total. The van der Waals surface area contributed by atoms with Gasteiger partial charge in [0, 0.05) is 6.42 Å². The van der Waals surface area contributed by atoms with Crippen LogP contribution in [0.15, 0.2) is 0 Å². The lowest BCUT2D eigenvalue weighted by molar-refractivity contribution is -0.123. The molecule has 0 saturated carbocycles. The molecular formula is C11H22N2O2. The van der Waals surface area contributed by atoms with E-state index in [0.29, 0.717) is 18.3 Å². The average molecular weight is 214 g/mol. The van der Waals surface area contributed by atoms with Crippen molar-refractivity contribution in [1.29, 1.82) is 0 Å². The maximum absolute atomic E-state index is 11.5. The second kappa shape index (κ2) is 6.08. The zero-order valence-electron chi connectivity index (χ0n) is 9.62. The maximum atomic E-state index is 11.5.